The Morgan fingerprint density at radius 1 is 0.812 bits per heavy atom. The fourth-order valence-corrected chi connectivity index (χ4v) is 3.44. The lowest BCUT2D eigenvalue weighted by Gasteiger charge is -2.15. The molecule has 0 bridgehead atoms. The van der Waals surface area contributed by atoms with Crippen molar-refractivity contribution in [3.8, 4) is 5.75 Å². The fourth-order valence-electron chi connectivity index (χ4n) is 3.44. The van der Waals surface area contributed by atoms with Gasteiger partial charge >= 0.3 is 11.9 Å². The topological polar surface area (TPSA) is 104 Å². The lowest BCUT2D eigenvalue weighted by molar-refractivity contribution is 0.0472. The van der Waals surface area contributed by atoms with Gasteiger partial charge in [-0.05, 0) is 58.3 Å². The largest absolute Gasteiger partial charge is 0.508 e. The molecule has 0 aliphatic heterocycles. The number of hydrogen-bond acceptors (Lipinski definition) is 5. The first-order chi connectivity index (χ1) is 15.4. The van der Waals surface area contributed by atoms with Gasteiger partial charge in [-0.25, -0.2) is 9.59 Å². The number of esters is 1. The van der Waals surface area contributed by atoms with E-state index in [9.17, 15) is 19.8 Å². The van der Waals surface area contributed by atoms with Gasteiger partial charge < -0.3 is 20.1 Å². The van der Waals surface area contributed by atoms with Gasteiger partial charge in [-0.15, -0.1) is 0 Å². The summed E-state index contributed by atoms with van der Waals surface area (Å²) in [5.74, 6) is -1.65. The number of carboxylic acids is 1. The molecule has 0 aliphatic carbocycles. The van der Waals surface area contributed by atoms with Crippen LogP contribution >= 0.6 is 0 Å². The molecule has 0 spiro atoms. The third-order valence-corrected chi connectivity index (χ3v) is 5.20. The van der Waals surface area contributed by atoms with Crippen molar-refractivity contribution in [1.82, 2.24) is 0 Å². The van der Waals surface area contributed by atoms with Crippen LogP contribution in [0.25, 0.3) is 10.8 Å². The number of carbonyl (C=O) groups is 2. The average Bonchev–Trinajstić information content (AvgIpc) is 2.82. The molecule has 32 heavy (non-hydrogen) atoms. The van der Waals surface area contributed by atoms with Crippen LogP contribution in [-0.4, -0.2) is 27.3 Å². The number of hydrogen-bond donors (Lipinski definition) is 3. The van der Waals surface area contributed by atoms with Gasteiger partial charge in [0.25, 0.3) is 0 Å². The highest BCUT2D eigenvalue weighted by Gasteiger charge is 2.17. The number of rotatable bonds is 6. The van der Waals surface area contributed by atoms with Crippen molar-refractivity contribution in [3.05, 3.63) is 113 Å². The fraction of sp³-hybridized carbons (Fsp3) is 0.0769. The molecular formula is C26H20O6. The van der Waals surface area contributed by atoms with Gasteiger partial charge in [-0.2, -0.15) is 0 Å². The van der Waals surface area contributed by atoms with E-state index in [-0.39, 0.29) is 23.5 Å². The number of carbonyl (C=O) groups excluding carboxylic acids is 1. The smallest absolute Gasteiger partial charge is 0.338 e. The number of fused-ring (bicyclic) bond motifs is 1. The summed E-state index contributed by atoms with van der Waals surface area (Å²) in [4.78, 5) is 23.5. The second-order valence-corrected chi connectivity index (χ2v) is 7.36. The highest BCUT2D eigenvalue weighted by molar-refractivity contribution is 5.96. The second-order valence-electron chi connectivity index (χ2n) is 7.36. The van der Waals surface area contributed by atoms with E-state index in [4.69, 9.17) is 9.84 Å². The van der Waals surface area contributed by atoms with Crippen LogP contribution in [0.1, 0.15) is 43.5 Å². The van der Waals surface area contributed by atoms with E-state index in [1.54, 1.807) is 24.3 Å². The molecule has 0 aromatic heterocycles. The SMILES string of the molecule is O=C(O)c1ccc(C(O)c2cc3cc(C(=O)OCc4ccccc4)ccc3cc2O)cc1. The van der Waals surface area contributed by atoms with Crippen molar-refractivity contribution in [3.63, 3.8) is 0 Å². The summed E-state index contributed by atoms with van der Waals surface area (Å²) in [6.07, 6.45) is -1.17. The number of aromatic carboxylic acids is 1. The quantitative estimate of drug-likeness (QED) is 0.385. The van der Waals surface area contributed by atoms with E-state index in [2.05, 4.69) is 0 Å². The molecule has 3 N–H and O–H groups in total. The van der Waals surface area contributed by atoms with Gasteiger partial charge in [-0.1, -0.05) is 48.5 Å². The summed E-state index contributed by atoms with van der Waals surface area (Å²) in [5.41, 5.74) is 2.01. The number of aliphatic hydroxyl groups excluding tert-OH is 1. The minimum Gasteiger partial charge on any atom is -0.508 e. The molecule has 0 fully saturated rings. The van der Waals surface area contributed by atoms with E-state index in [1.165, 1.54) is 30.3 Å². The Labute approximate surface area is 184 Å². The molecule has 1 atom stereocenters. The van der Waals surface area contributed by atoms with Gasteiger partial charge in [0, 0.05) is 5.56 Å². The number of benzene rings is 4. The molecule has 0 aliphatic rings. The molecule has 4 aromatic rings. The molecule has 0 heterocycles. The summed E-state index contributed by atoms with van der Waals surface area (Å²) >= 11 is 0. The van der Waals surface area contributed by atoms with E-state index >= 15 is 0 Å². The summed E-state index contributed by atoms with van der Waals surface area (Å²) in [6, 6.07) is 23.2. The zero-order valence-corrected chi connectivity index (χ0v) is 16.9. The number of carboxylic acid groups (broad SMARTS) is 1. The van der Waals surface area contributed by atoms with Crippen molar-refractivity contribution < 1.29 is 29.6 Å². The lowest BCUT2D eigenvalue weighted by atomic mass is 9.96. The molecule has 6 nitrogen and oxygen atoms in total. The van der Waals surface area contributed by atoms with Gasteiger partial charge in [0.05, 0.1) is 11.1 Å². The van der Waals surface area contributed by atoms with Gasteiger partial charge in [0.1, 0.15) is 18.5 Å². The summed E-state index contributed by atoms with van der Waals surface area (Å²) in [5, 5.41) is 31.5. The number of phenolic OH excluding ortho intramolecular Hbond substituents is 1. The van der Waals surface area contributed by atoms with Gasteiger partial charge in [-0.3, -0.25) is 0 Å². The third-order valence-electron chi connectivity index (χ3n) is 5.20. The summed E-state index contributed by atoms with van der Waals surface area (Å²) in [7, 11) is 0. The van der Waals surface area contributed by atoms with Crippen LogP contribution in [0, 0.1) is 0 Å². The first-order valence-electron chi connectivity index (χ1n) is 9.91. The zero-order chi connectivity index (χ0) is 22.7. The van der Waals surface area contributed by atoms with Crippen molar-refractivity contribution >= 4 is 22.7 Å². The summed E-state index contributed by atoms with van der Waals surface area (Å²) in [6.45, 7) is 0.156. The van der Waals surface area contributed by atoms with Crippen LogP contribution in [0.2, 0.25) is 0 Å². The summed E-state index contributed by atoms with van der Waals surface area (Å²) < 4.78 is 5.38. The van der Waals surface area contributed by atoms with Crippen LogP contribution in [0.4, 0.5) is 0 Å². The van der Waals surface area contributed by atoms with Crippen LogP contribution in [0.15, 0.2) is 84.9 Å². The monoisotopic (exact) mass is 428 g/mol. The van der Waals surface area contributed by atoms with E-state index in [1.807, 2.05) is 30.3 Å². The maximum Gasteiger partial charge on any atom is 0.338 e. The Kier molecular flexibility index (Phi) is 5.87. The van der Waals surface area contributed by atoms with Gasteiger partial charge in [0.15, 0.2) is 0 Å². The van der Waals surface area contributed by atoms with Crippen LogP contribution in [0.3, 0.4) is 0 Å². The molecule has 6 heteroatoms. The average molecular weight is 428 g/mol. The Morgan fingerprint density at radius 3 is 2.19 bits per heavy atom. The molecule has 0 amide bonds. The Balaban J connectivity index is 1.59. The maximum absolute atomic E-state index is 12.5. The van der Waals surface area contributed by atoms with Crippen molar-refractivity contribution in [2.45, 2.75) is 12.7 Å². The van der Waals surface area contributed by atoms with Crippen LogP contribution < -0.4 is 0 Å². The van der Waals surface area contributed by atoms with Crippen molar-refractivity contribution in [1.29, 1.82) is 0 Å². The standard InChI is InChI=1S/C26H20O6/c27-23-14-19-10-11-20(26(31)32-15-16-4-2-1-3-5-16)12-21(19)13-22(23)24(28)17-6-8-18(9-7-17)25(29)30/h1-14,24,27-28H,15H2,(H,29,30). The maximum atomic E-state index is 12.5. The predicted octanol–water partition coefficient (Wildman–Crippen LogP) is 4.68. The number of aliphatic hydroxyl groups is 1. The highest BCUT2D eigenvalue weighted by atomic mass is 16.5. The minimum absolute atomic E-state index is 0.0994. The molecule has 0 saturated heterocycles. The molecule has 4 rings (SSSR count). The Bertz CT molecular complexity index is 1280. The highest BCUT2D eigenvalue weighted by Crippen LogP contribution is 2.33. The first-order valence-corrected chi connectivity index (χ1v) is 9.91. The Morgan fingerprint density at radius 2 is 1.50 bits per heavy atom. The predicted molar refractivity (Wildman–Crippen MR) is 119 cm³/mol. The number of aromatic hydroxyl groups is 1. The normalized spacial score (nSPS) is 11.8. The lowest BCUT2D eigenvalue weighted by Crippen LogP contribution is -2.05. The Hall–Kier alpha value is -4.16. The minimum atomic E-state index is -1.17. The van der Waals surface area contributed by atoms with E-state index in [0.717, 1.165) is 5.56 Å². The van der Waals surface area contributed by atoms with Crippen LogP contribution in [0.5, 0.6) is 5.75 Å². The molecule has 4 aromatic carbocycles. The second kappa shape index (κ2) is 8.91. The molecule has 0 radical (unpaired) electrons. The third kappa shape index (κ3) is 4.45. The molecule has 1 unspecified atom stereocenters. The van der Waals surface area contributed by atoms with Gasteiger partial charge in [0.2, 0.25) is 0 Å². The zero-order valence-electron chi connectivity index (χ0n) is 16.9. The van der Waals surface area contributed by atoms with Crippen LogP contribution in [-0.2, 0) is 11.3 Å². The molecule has 160 valence electrons. The molecule has 0 saturated carbocycles. The van der Waals surface area contributed by atoms with Crippen molar-refractivity contribution in [2.75, 3.05) is 0 Å². The van der Waals surface area contributed by atoms with E-state index in [0.29, 0.717) is 21.9 Å². The molecular weight excluding hydrogens is 408 g/mol. The van der Waals surface area contributed by atoms with E-state index < -0.39 is 18.0 Å². The number of phenols is 1. The number of ether oxygens (including phenoxy) is 1. The van der Waals surface area contributed by atoms with Crippen molar-refractivity contribution in [2.24, 2.45) is 0 Å². The first kappa shape index (κ1) is 21.1.